The van der Waals surface area contributed by atoms with Crippen molar-refractivity contribution in [3.63, 3.8) is 0 Å². The van der Waals surface area contributed by atoms with Crippen LogP contribution in [0.5, 0.6) is 0 Å². The molecule has 0 spiro atoms. The number of allylic oxidation sites excluding steroid dienone is 2. The molecule has 0 N–H and O–H groups in total. The summed E-state index contributed by atoms with van der Waals surface area (Å²) in [4.78, 5) is 0. The summed E-state index contributed by atoms with van der Waals surface area (Å²) < 4.78 is 42.6. The van der Waals surface area contributed by atoms with E-state index in [1.165, 1.54) is 57.6 Å². The Morgan fingerprint density at radius 2 is 1.61 bits per heavy atom. The average Bonchev–Trinajstić information content (AvgIpc) is 2.82. The number of aryl methyl sites for hydroxylation is 1. The summed E-state index contributed by atoms with van der Waals surface area (Å²) >= 11 is 0. The molecule has 0 aliphatic heterocycles. The number of hydrogen-bond donors (Lipinski definition) is 0. The van der Waals surface area contributed by atoms with Gasteiger partial charge in [-0.2, -0.15) is 0 Å². The number of rotatable bonds is 4. The second-order valence-electron chi connectivity index (χ2n) is 9.90. The highest BCUT2D eigenvalue weighted by atomic mass is 19.2. The first kappa shape index (κ1) is 23.7. The van der Waals surface area contributed by atoms with E-state index in [9.17, 15) is 13.2 Å². The molecule has 0 saturated heterocycles. The van der Waals surface area contributed by atoms with E-state index in [2.05, 4.69) is 30.9 Å². The van der Waals surface area contributed by atoms with E-state index in [0.717, 1.165) is 36.2 Å². The lowest BCUT2D eigenvalue weighted by molar-refractivity contribution is 0.115. The van der Waals surface area contributed by atoms with Gasteiger partial charge in [0.25, 0.3) is 0 Å². The molecule has 4 rings (SSSR count). The Morgan fingerprint density at radius 3 is 2.39 bits per heavy atom. The average molecular weight is 451 g/mol. The maximum absolute atomic E-state index is 14.8. The van der Waals surface area contributed by atoms with E-state index < -0.39 is 11.6 Å². The van der Waals surface area contributed by atoms with Crippen molar-refractivity contribution in [2.24, 2.45) is 17.8 Å². The second-order valence-corrected chi connectivity index (χ2v) is 9.90. The third-order valence-electron chi connectivity index (χ3n) is 7.77. The fourth-order valence-electron chi connectivity index (χ4n) is 5.81. The van der Waals surface area contributed by atoms with E-state index in [0.29, 0.717) is 5.92 Å². The predicted octanol–water partition coefficient (Wildman–Crippen LogP) is 8.47. The van der Waals surface area contributed by atoms with Crippen molar-refractivity contribution >= 4 is 0 Å². The fourth-order valence-corrected chi connectivity index (χ4v) is 5.81. The minimum absolute atomic E-state index is 0.0544. The normalized spacial score (nSPS) is 24.9. The second kappa shape index (κ2) is 10.6. The van der Waals surface area contributed by atoms with Crippen molar-refractivity contribution < 1.29 is 13.2 Å². The molecule has 0 aromatic heterocycles. The molecule has 2 fully saturated rings. The van der Waals surface area contributed by atoms with Crippen LogP contribution in [0.25, 0.3) is 0 Å². The minimum Gasteiger partial charge on any atom is -0.206 e. The van der Waals surface area contributed by atoms with Gasteiger partial charge in [0.05, 0.1) is 11.1 Å². The molecule has 3 heteroatoms. The van der Waals surface area contributed by atoms with E-state index in [1.54, 1.807) is 12.1 Å². The maximum Gasteiger partial charge on any atom is 0.174 e. The molecule has 2 aromatic rings. The molecular weight excluding hydrogens is 417 g/mol. The highest BCUT2D eigenvalue weighted by Crippen LogP contribution is 2.48. The van der Waals surface area contributed by atoms with Gasteiger partial charge >= 0.3 is 0 Å². The van der Waals surface area contributed by atoms with Gasteiger partial charge in [-0.1, -0.05) is 42.5 Å². The van der Waals surface area contributed by atoms with Gasteiger partial charge in [0.1, 0.15) is 5.82 Å². The Labute approximate surface area is 196 Å². The Balaban J connectivity index is 1.40. The third-order valence-corrected chi connectivity index (χ3v) is 7.77. The highest BCUT2D eigenvalue weighted by Gasteiger charge is 2.35. The first-order valence-corrected chi connectivity index (χ1v) is 12.3. The van der Waals surface area contributed by atoms with Gasteiger partial charge in [0, 0.05) is 0 Å². The minimum atomic E-state index is -0.979. The zero-order chi connectivity index (χ0) is 23.4. The van der Waals surface area contributed by atoms with E-state index in [-0.39, 0.29) is 22.5 Å². The number of halogens is 3. The summed E-state index contributed by atoms with van der Waals surface area (Å²) in [6.07, 6.45) is 14.4. The van der Waals surface area contributed by atoms with Crippen LogP contribution in [0.15, 0.2) is 42.5 Å². The third kappa shape index (κ3) is 5.55. The van der Waals surface area contributed by atoms with Crippen LogP contribution in [-0.4, -0.2) is 0 Å². The van der Waals surface area contributed by atoms with Gasteiger partial charge in [0.2, 0.25) is 0 Å². The van der Waals surface area contributed by atoms with Crippen LogP contribution in [0.1, 0.15) is 86.5 Å². The standard InChI is InChI=1S/C30H33F3/c1-3-4-5-6-21-8-10-25-18-26(16-15-24(25)17-21)27-14-12-22(28(31)19-27)11-13-23-9-7-20(2)29(32)30(23)33/h3-4,7,9,12,14,19,21,24-26H,5-6,8,10,15-18H2,1-2H3/b4-3+. The van der Waals surface area contributed by atoms with Gasteiger partial charge in [-0.15, -0.1) is 0 Å². The Morgan fingerprint density at radius 1 is 0.879 bits per heavy atom. The summed E-state index contributed by atoms with van der Waals surface area (Å²) in [5.74, 6) is 5.84. The van der Waals surface area contributed by atoms with E-state index in [4.69, 9.17) is 0 Å². The van der Waals surface area contributed by atoms with E-state index in [1.807, 2.05) is 6.07 Å². The van der Waals surface area contributed by atoms with E-state index >= 15 is 0 Å². The zero-order valence-electron chi connectivity index (χ0n) is 19.6. The largest absolute Gasteiger partial charge is 0.206 e. The molecular formula is C30H33F3. The van der Waals surface area contributed by atoms with Crippen molar-refractivity contribution in [2.45, 2.75) is 71.1 Å². The monoisotopic (exact) mass is 450 g/mol. The molecule has 2 aliphatic carbocycles. The van der Waals surface area contributed by atoms with Crippen LogP contribution in [0.2, 0.25) is 0 Å². The molecule has 0 bridgehead atoms. The topological polar surface area (TPSA) is 0 Å². The molecule has 0 amide bonds. The van der Waals surface area contributed by atoms with Crippen molar-refractivity contribution in [1.82, 2.24) is 0 Å². The summed E-state index contributed by atoms with van der Waals surface area (Å²) in [5.41, 5.74) is 1.43. The molecule has 0 nitrogen and oxygen atoms in total. The highest BCUT2D eigenvalue weighted by molar-refractivity contribution is 5.46. The number of fused-ring (bicyclic) bond motifs is 1. The fraction of sp³-hybridized carbons (Fsp3) is 0.467. The van der Waals surface area contributed by atoms with Crippen LogP contribution in [0.3, 0.4) is 0 Å². The molecule has 0 radical (unpaired) electrons. The quantitative estimate of drug-likeness (QED) is 0.324. The Bertz CT molecular complexity index is 1070. The molecule has 2 aromatic carbocycles. The molecule has 174 valence electrons. The van der Waals surface area contributed by atoms with Crippen LogP contribution >= 0.6 is 0 Å². The van der Waals surface area contributed by atoms with Gasteiger partial charge in [0.15, 0.2) is 11.6 Å². The lowest BCUT2D eigenvalue weighted by Gasteiger charge is -2.42. The summed E-state index contributed by atoms with van der Waals surface area (Å²) in [7, 11) is 0. The summed E-state index contributed by atoms with van der Waals surface area (Å²) in [5, 5.41) is 0. The van der Waals surface area contributed by atoms with Crippen LogP contribution in [0.4, 0.5) is 13.2 Å². The van der Waals surface area contributed by atoms with Gasteiger partial charge in [-0.25, -0.2) is 13.2 Å². The van der Waals surface area contributed by atoms with Crippen molar-refractivity contribution in [1.29, 1.82) is 0 Å². The van der Waals surface area contributed by atoms with Gasteiger partial charge < -0.3 is 0 Å². The van der Waals surface area contributed by atoms with Crippen molar-refractivity contribution in [2.75, 3.05) is 0 Å². The molecule has 4 atom stereocenters. The smallest absolute Gasteiger partial charge is 0.174 e. The van der Waals surface area contributed by atoms with Crippen LogP contribution in [-0.2, 0) is 0 Å². The van der Waals surface area contributed by atoms with Crippen LogP contribution in [0, 0.1) is 54.0 Å². The molecule has 0 heterocycles. The maximum atomic E-state index is 14.8. The van der Waals surface area contributed by atoms with Crippen LogP contribution < -0.4 is 0 Å². The molecule has 2 saturated carbocycles. The zero-order valence-corrected chi connectivity index (χ0v) is 19.6. The van der Waals surface area contributed by atoms with Gasteiger partial charge in [-0.3, -0.25) is 0 Å². The Kier molecular flexibility index (Phi) is 7.63. The van der Waals surface area contributed by atoms with Crippen molar-refractivity contribution in [3.05, 3.63) is 82.2 Å². The SMILES string of the molecule is C/C=C/CCC1CCC2CC(c3ccc(C#Cc4ccc(C)c(F)c4F)c(F)c3)CCC2C1. The first-order chi connectivity index (χ1) is 16.0. The molecule has 33 heavy (non-hydrogen) atoms. The van der Waals surface area contributed by atoms with Crippen molar-refractivity contribution in [3.8, 4) is 11.8 Å². The first-order valence-electron chi connectivity index (χ1n) is 12.3. The molecule has 4 unspecified atom stereocenters. The molecule has 2 aliphatic rings. The Hall–Kier alpha value is -2.47. The lowest BCUT2D eigenvalue weighted by atomic mass is 9.63. The lowest BCUT2D eigenvalue weighted by Crippen LogP contribution is -2.30. The predicted molar refractivity (Wildman–Crippen MR) is 128 cm³/mol. The number of benzene rings is 2. The summed E-state index contributed by atoms with van der Waals surface area (Å²) in [6.45, 7) is 3.59. The van der Waals surface area contributed by atoms with Gasteiger partial charge in [-0.05, 0) is 112 Å². The number of hydrogen-bond acceptors (Lipinski definition) is 0. The summed E-state index contributed by atoms with van der Waals surface area (Å²) in [6, 6.07) is 8.16.